The van der Waals surface area contributed by atoms with E-state index in [1.54, 1.807) is 26.4 Å². The molecule has 0 saturated carbocycles. The number of aromatic nitrogens is 4. The Balaban J connectivity index is 1.58. The zero-order valence-corrected chi connectivity index (χ0v) is 17.5. The number of H-pyrrole nitrogens is 1. The van der Waals surface area contributed by atoms with Gasteiger partial charge >= 0.3 is 0 Å². The zero-order valence-electron chi connectivity index (χ0n) is 16.7. The van der Waals surface area contributed by atoms with Crippen LogP contribution in [0.15, 0.2) is 49.1 Å². The molecule has 7 nitrogen and oxygen atoms in total. The minimum Gasteiger partial charge on any atom is -0.383 e. The van der Waals surface area contributed by atoms with Crippen molar-refractivity contribution in [2.75, 3.05) is 6.54 Å². The van der Waals surface area contributed by atoms with Gasteiger partial charge in [0.25, 0.3) is 5.91 Å². The molecule has 0 fully saturated rings. The van der Waals surface area contributed by atoms with Gasteiger partial charge in [0.1, 0.15) is 21.5 Å². The molecular formula is C22H21N5O2S. The molecule has 3 aromatic heterocycles. The van der Waals surface area contributed by atoms with Crippen LogP contribution in [0.25, 0.3) is 10.8 Å². The Morgan fingerprint density at radius 3 is 2.77 bits per heavy atom. The van der Waals surface area contributed by atoms with Gasteiger partial charge in [-0.1, -0.05) is 24.3 Å². The van der Waals surface area contributed by atoms with Crippen LogP contribution in [0.3, 0.4) is 0 Å². The van der Waals surface area contributed by atoms with E-state index in [9.17, 15) is 9.90 Å². The first-order valence-corrected chi connectivity index (χ1v) is 10.6. The van der Waals surface area contributed by atoms with Crippen molar-refractivity contribution in [2.24, 2.45) is 0 Å². The topological polar surface area (TPSA) is 95.0 Å². The summed E-state index contributed by atoms with van der Waals surface area (Å²) in [4.78, 5) is 32.4. The van der Waals surface area contributed by atoms with E-state index >= 15 is 0 Å². The number of nitrogens with one attached hydrogen (secondary N) is 1. The molecule has 0 spiro atoms. The molecule has 0 radical (unpaired) electrons. The standard InChI is InChI=1S/C22H21N5O2S/c1-22(2,29)21-24-11-17(30-21)20(28)27-8-7-15-18(26-12-25-15)19(27)16-9-13-5-3-4-6-14(13)10-23-16/h3-6,9-12,19,29H,7-8H2,1-2H3,(H,25,26)/t19-/m1/s1. The predicted molar refractivity (Wildman–Crippen MR) is 114 cm³/mol. The highest BCUT2D eigenvalue weighted by Crippen LogP contribution is 2.35. The van der Waals surface area contributed by atoms with Crippen molar-refractivity contribution in [3.63, 3.8) is 0 Å². The van der Waals surface area contributed by atoms with Gasteiger partial charge in [-0.3, -0.25) is 9.78 Å². The Morgan fingerprint density at radius 2 is 2.00 bits per heavy atom. The van der Waals surface area contributed by atoms with E-state index < -0.39 is 5.60 Å². The zero-order chi connectivity index (χ0) is 20.9. The van der Waals surface area contributed by atoms with E-state index in [2.05, 4.69) is 19.9 Å². The number of benzene rings is 1. The second kappa shape index (κ2) is 7.00. The molecule has 1 aliphatic rings. The molecule has 2 N–H and O–H groups in total. The number of rotatable bonds is 3. The molecule has 0 saturated heterocycles. The highest BCUT2D eigenvalue weighted by Gasteiger charge is 2.36. The fraction of sp³-hybridized carbons (Fsp3) is 0.273. The van der Waals surface area contributed by atoms with Crippen molar-refractivity contribution < 1.29 is 9.90 Å². The molecule has 4 heterocycles. The van der Waals surface area contributed by atoms with Gasteiger partial charge in [-0.15, -0.1) is 11.3 Å². The molecule has 1 atom stereocenters. The Morgan fingerprint density at radius 1 is 1.20 bits per heavy atom. The molecule has 0 bridgehead atoms. The maximum Gasteiger partial charge on any atom is 0.266 e. The first-order valence-electron chi connectivity index (χ1n) is 9.78. The average Bonchev–Trinajstić information content (AvgIpc) is 3.41. The van der Waals surface area contributed by atoms with Gasteiger partial charge in [0.05, 0.1) is 23.9 Å². The van der Waals surface area contributed by atoms with Crippen molar-refractivity contribution in [1.29, 1.82) is 0 Å². The molecule has 1 aliphatic heterocycles. The number of fused-ring (bicyclic) bond motifs is 2. The first kappa shape index (κ1) is 18.9. The second-order valence-corrected chi connectivity index (χ2v) is 8.99. The van der Waals surface area contributed by atoms with Crippen LogP contribution in [0.2, 0.25) is 0 Å². The third-order valence-corrected chi connectivity index (χ3v) is 6.66. The summed E-state index contributed by atoms with van der Waals surface area (Å²) in [5.41, 5.74) is 1.55. The molecule has 5 rings (SSSR count). The minimum absolute atomic E-state index is 0.128. The molecule has 8 heteroatoms. The van der Waals surface area contributed by atoms with Crippen LogP contribution in [0.4, 0.5) is 0 Å². The molecule has 0 unspecified atom stereocenters. The van der Waals surface area contributed by atoms with Crippen LogP contribution >= 0.6 is 11.3 Å². The molecule has 30 heavy (non-hydrogen) atoms. The van der Waals surface area contributed by atoms with E-state index in [-0.39, 0.29) is 11.9 Å². The largest absolute Gasteiger partial charge is 0.383 e. The van der Waals surface area contributed by atoms with E-state index in [0.717, 1.165) is 27.9 Å². The van der Waals surface area contributed by atoms with E-state index in [1.807, 2.05) is 41.4 Å². The fourth-order valence-electron chi connectivity index (χ4n) is 3.84. The number of pyridine rings is 1. The van der Waals surface area contributed by atoms with Crippen LogP contribution in [0.5, 0.6) is 0 Å². The molecule has 4 aromatic rings. The van der Waals surface area contributed by atoms with Gasteiger partial charge in [0.2, 0.25) is 0 Å². The van der Waals surface area contributed by atoms with Crippen LogP contribution in [-0.4, -0.2) is 42.4 Å². The summed E-state index contributed by atoms with van der Waals surface area (Å²) in [6.07, 6.45) is 5.76. The van der Waals surface area contributed by atoms with E-state index in [1.165, 1.54) is 11.3 Å². The Kier molecular flexibility index (Phi) is 4.41. The molecular weight excluding hydrogens is 398 g/mol. The number of carbonyl (C=O) groups is 1. The van der Waals surface area contributed by atoms with Gasteiger partial charge in [-0.25, -0.2) is 9.97 Å². The fourth-order valence-corrected chi connectivity index (χ4v) is 4.72. The Bertz CT molecular complexity index is 1240. The van der Waals surface area contributed by atoms with Crippen molar-refractivity contribution in [1.82, 2.24) is 24.8 Å². The van der Waals surface area contributed by atoms with E-state index in [4.69, 9.17) is 0 Å². The molecule has 152 valence electrons. The summed E-state index contributed by atoms with van der Waals surface area (Å²) in [6, 6.07) is 9.68. The molecule has 0 aliphatic carbocycles. The number of aliphatic hydroxyl groups is 1. The maximum atomic E-state index is 13.5. The predicted octanol–water partition coefficient (Wildman–Crippen LogP) is 3.43. The number of thiazole rings is 1. The quantitative estimate of drug-likeness (QED) is 0.530. The van der Waals surface area contributed by atoms with Crippen molar-refractivity contribution in [3.05, 3.63) is 76.0 Å². The normalized spacial score (nSPS) is 16.6. The van der Waals surface area contributed by atoms with Gasteiger partial charge in [0.15, 0.2) is 0 Å². The molecule has 1 amide bonds. The number of hydrogen-bond acceptors (Lipinski definition) is 6. The average molecular weight is 420 g/mol. The van der Waals surface area contributed by atoms with Crippen LogP contribution < -0.4 is 0 Å². The van der Waals surface area contributed by atoms with Crippen molar-refractivity contribution in [3.8, 4) is 0 Å². The monoisotopic (exact) mass is 419 g/mol. The third kappa shape index (κ3) is 3.18. The second-order valence-electron chi connectivity index (χ2n) is 7.96. The van der Waals surface area contributed by atoms with Gasteiger partial charge in [-0.2, -0.15) is 0 Å². The summed E-state index contributed by atoms with van der Waals surface area (Å²) in [5.74, 6) is -0.128. The van der Waals surface area contributed by atoms with Crippen LogP contribution in [0, 0.1) is 0 Å². The number of amides is 1. The summed E-state index contributed by atoms with van der Waals surface area (Å²) in [6.45, 7) is 3.88. The highest BCUT2D eigenvalue weighted by atomic mass is 32.1. The highest BCUT2D eigenvalue weighted by molar-refractivity contribution is 7.13. The Hall–Kier alpha value is -3.10. The van der Waals surface area contributed by atoms with Crippen LogP contribution in [0.1, 0.15) is 51.7 Å². The number of imidazole rings is 1. The van der Waals surface area contributed by atoms with Crippen molar-refractivity contribution in [2.45, 2.75) is 31.9 Å². The first-order chi connectivity index (χ1) is 14.4. The van der Waals surface area contributed by atoms with Gasteiger partial charge in [0, 0.05) is 30.2 Å². The van der Waals surface area contributed by atoms with Gasteiger partial charge in [-0.05, 0) is 25.3 Å². The summed E-state index contributed by atoms with van der Waals surface area (Å²) < 4.78 is 0. The summed E-state index contributed by atoms with van der Waals surface area (Å²) in [7, 11) is 0. The Labute approximate surface area is 177 Å². The number of carbonyl (C=O) groups excluding carboxylic acids is 1. The minimum atomic E-state index is -1.08. The third-order valence-electron chi connectivity index (χ3n) is 5.36. The maximum absolute atomic E-state index is 13.5. The van der Waals surface area contributed by atoms with Crippen LogP contribution in [-0.2, 0) is 12.0 Å². The van der Waals surface area contributed by atoms with E-state index in [0.29, 0.717) is 22.9 Å². The number of aromatic amines is 1. The SMILES string of the molecule is CC(C)(O)c1ncc(C(=O)N2CCc3[nH]cnc3[C@H]2c2cc3ccccc3cn2)s1. The smallest absolute Gasteiger partial charge is 0.266 e. The number of nitrogens with zero attached hydrogens (tertiary/aromatic N) is 4. The number of hydrogen-bond donors (Lipinski definition) is 2. The molecule has 1 aromatic carbocycles. The summed E-state index contributed by atoms with van der Waals surface area (Å²) >= 11 is 1.22. The lowest BCUT2D eigenvalue weighted by Crippen LogP contribution is -2.40. The summed E-state index contributed by atoms with van der Waals surface area (Å²) in [5, 5.41) is 12.9. The lowest BCUT2D eigenvalue weighted by Gasteiger charge is -2.34. The lowest BCUT2D eigenvalue weighted by atomic mass is 9.98. The van der Waals surface area contributed by atoms with Gasteiger partial charge < -0.3 is 15.0 Å². The van der Waals surface area contributed by atoms with Crippen molar-refractivity contribution >= 4 is 28.0 Å². The lowest BCUT2D eigenvalue weighted by molar-refractivity contribution is 0.0692.